The molecule has 1 aliphatic carbocycles. The monoisotopic (exact) mass is 251 g/mol. The Morgan fingerprint density at radius 1 is 0.941 bits per heavy atom. The molecule has 1 saturated carbocycles. The molecule has 2 atom stereocenters. The zero-order valence-corrected chi connectivity index (χ0v) is 11.4. The number of nitrogens with zero attached hydrogens (tertiary/aromatic N) is 1. The van der Waals surface area contributed by atoms with E-state index in [0.29, 0.717) is 0 Å². The molecular formula is C13H24F3N. The van der Waals surface area contributed by atoms with Gasteiger partial charge in [0, 0.05) is 12.1 Å². The van der Waals surface area contributed by atoms with Gasteiger partial charge in [0.05, 0.1) is 0 Å². The minimum Gasteiger partial charge on any atom is -0.286 e. The van der Waals surface area contributed by atoms with Gasteiger partial charge in [-0.05, 0) is 31.6 Å². The molecule has 0 heterocycles. The van der Waals surface area contributed by atoms with Crippen LogP contribution in [0.3, 0.4) is 0 Å². The predicted molar refractivity (Wildman–Crippen MR) is 63.8 cm³/mol. The third-order valence-electron chi connectivity index (χ3n) is 3.69. The third-order valence-corrected chi connectivity index (χ3v) is 3.69. The van der Waals surface area contributed by atoms with Crippen LogP contribution in [0.2, 0.25) is 0 Å². The molecule has 0 amide bonds. The lowest BCUT2D eigenvalue weighted by Gasteiger charge is -2.41. The lowest BCUT2D eigenvalue weighted by atomic mass is 9.96. The first-order chi connectivity index (χ1) is 7.66. The topological polar surface area (TPSA) is 3.24 Å². The second-order valence-corrected chi connectivity index (χ2v) is 5.89. The van der Waals surface area contributed by atoms with Gasteiger partial charge in [-0.15, -0.1) is 0 Å². The second-order valence-electron chi connectivity index (χ2n) is 5.89. The second kappa shape index (κ2) is 5.17. The quantitative estimate of drug-likeness (QED) is 0.711. The SMILES string of the molecule is CC(C)[C@H](N(C1CC1)[C@@H](C)C(C)C)C(F)(F)F. The molecule has 102 valence electrons. The van der Waals surface area contributed by atoms with Gasteiger partial charge >= 0.3 is 6.18 Å². The van der Waals surface area contributed by atoms with Crippen LogP contribution in [-0.2, 0) is 0 Å². The summed E-state index contributed by atoms with van der Waals surface area (Å²) in [6, 6.07) is -1.18. The summed E-state index contributed by atoms with van der Waals surface area (Å²) in [6.45, 7) is 9.24. The van der Waals surface area contributed by atoms with E-state index in [9.17, 15) is 13.2 Å². The van der Waals surface area contributed by atoms with Crippen molar-refractivity contribution in [3.05, 3.63) is 0 Å². The van der Waals surface area contributed by atoms with Crippen LogP contribution in [0.25, 0.3) is 0 Å². The van der Waals surface area contributed by atoms with Gasteiger partial charge in [0.15, 0.2) is 0 Å². The van der Waals surface area contributed by atoms with Gasteiger partial charge in [-0.2, -0.15) is 13.2 Å². The normalized spacial score (nSPS) is 21.4. The Balaban J connectivity index is 2.94. The van der Waals surface area contributed by atoms with Gasteiger partial charge in [0.25, 0.3) is 0 Å². The molecule has 0 aliphatic heterocycles. The maximum Gasteiger partial charge on any atom is 0.404 e. The van der Waals surface area contributed by atoms with E-state index in [1.807, 2.05) is 20.8 Å². The summed E-state index contributed by atoms with van der Waals surface area (Å²) in [5, 5.41) is 0. The fourth-order valence-corrected chi connectivity index (χ4v) is 2.42. The largest absolute Gasteiger partial charge is 0.404 e. The number of alkyl halides is 3. The molecular weight excluding hydrogens is 227 g/mol. The van der Waals surface area contributed by atoms with Crippen LogP contribution < -0.4 is 0 Å². The van der Waals surface area contributed by atoms with Crippen LogP contribution in [0.15, 0.2) is 0 Å². The van der Waals surface area contributed by atoms with Gasteiger partial charge in [-0.1, -0.05) is 27.7 Å². The molecule has 4 heteroatoms. The third kappa shape index (κ3) is 3.60. The van der Waals surface area contributed by atoms with Crippen molar-refractivity contribution in [2.24, 2.45) is 11.8 Å². The van der Waals surface area contributed by atoms with Crippen LogP contribution in [-0.4, -0.2) is 29.2 Å². The Morgan fingerprint density at radius 2 is 1.41 bits per heavy atom. The minimum absolute atomic E-state index is 0.0171. The van der Waals surface area contributed by atoms with Crippen molar-refractivity contribution in [3.8, 4) is 0 Å². The smallest absolute Gasteiger partial charge is 0.286 e. The van der Waals surface area contributed by atoms with Crippen LogP contribution >= 0.6 is 0 Å². The lowest BCUT2D eigenvalue weighted by Crippen LogP contribution is -2.55. The van der Waals surface area contributed by atoms with Crippen molar-refractivity contribution in [1.29, 1.82) is 0 Å². The fraction of sp³-hybridized carbons (Fsp3) is 1.00. The number of hydrogen-bond donors (Lipinski definition) is 0. The Morgan fingerprint density at radius 3 is 1.65 bits per heavy atom. The molecule has 0 aromatic carbocycles. The first-order valence-electron chi connectivity index (χ1n) is 6.50. The van der Waals surface area contributed by atoms with Gasteiger partial charge in [-0.3, -0.25) is 4.90 Å². The fourth-order valence-electron chi connectivity index (χ4n) is 2.42. The average molecular weight is 251 g/mol. The summed E-state index contributed by atoms with van der Waals surface area (Å²) in [7, 11) is 0. The van der Waals surface area contributed by atoms with Gasteiger partial charge in [0.1, 0.15) is 6.04 Å². The van der Waals surface area contributed by atoms with Gasteiger partial charge < -0.3 is 0 Å². The van der Waals surface area contributed by atoms with Crippen LogP contribution in [0, 0.1) is 11.8 Å². The van der Waals surface area contributed by atoms with Crippen molar-refractivity contribution in [1.82, 2.24) is 4.90 Å². The highest BCUT2D eigenvalue weighted by Gasteiger charge is 2.51. The molecule has 1 aliphatic rings. The highest BCUT2D eigenvalue weighted by Crippen LogP contribution is 2.40. The van der Waals surface area contributed by atoms with Gasteiger partial charge in [-0.25, -0.2) is 0 Å². The molecule has 0 spiro atoms. The van der Waals surface area contributed by atoms with Crippen molar-refractivity contribution in [2.75, 3.05) is 0 Å². The summed E-state index contributed by atoms with van der Waals surface area (Å²) < 4.78 is 39.6. The Kier molecular flexibility index (Phi) is 4.50. The molecule has 17 heavy (non-hydrogen) atoms. The molecule has 0 N–H and O–H groups in total. The number of rotatable bonds is 5. The van der Waals surface area contributed by atoms with E-state index in [-0.39, 0.29) is 18.0 Å². The van der Waals surface area contributed by atoms with Crippen LogP contribution in [0.1, 0.15) is 47.5 Å². The van der Waals surface area contributed by atoms with Crippen molar-refractivity contribution >= 4 is 0 Å². The molecule has 0 saturated heterocycles. The molecule has 1 rings (SSSR count). The highest BCUT2D eigenvalue weighted by molar-refractivity contribution is 4.95. The van der Waals surface area contributed by atoms with Crippen LogP contribution in [0.4, 0.5) is 13.2 Å². The first kappa shape index (κ1) is 14.8. The first-order valence-corrected chi connectivity index (χ1v) is 6.50. The standard InChI is InChI=1S/C13H24F3N/c1-8(2)10(5)17(11-6-7-11)12(9(3)4)13(14,15)16/h8-12H,6-7H2,1-5H3/t10-,12-/m0/s1. The predicted octanol–water partition coefficient (Wildman–Crippen LogP) is 4.08. The average Bonchev–Trinajstić information content (AvgIpc) is 2.92. The van der Waals surface area contributed by atoms with E-state index in [1.54, 1.807) is 18.7 Å². The summed E-state index contributed by atoms with van der Waals surface area (Å²) in [5.74, 6) is -0.143. The van der Waals surface area contributed by atoms with Crippen LogP contribution in [0.5, 0.6) is 0 Å². The molecule has 0 aromatic rings. The lowest BCUT2D eigenvalue weighted by molar-refractivity contribution is -0.204. The summed E-state index contributed by atoms with van der Waals surface area (Å²) >= 11 is 0. The maximum absolute atomic E-state index is 13.2. The van der Waals surface area contributed by atoms with Crippen molar-refractivity contribution in [3.63, 3.8) is 0 Å². The van der Waals surface area contributed by atoms with E-state index < -0.39 is 18.1 Å². The zero-order valence-electron chi connectivity index (χ0n) is 11.4. The van der Waals surface area contributed by atoms with Crippen molar-refractivity contribution < 1.29 is 13.2 Å². The maximum atomic E-state index is 13.2. The summed E-state index contributed by atoms with van der Waals surface area (Å²) in [6.07, 6.45) is -2.30. The molecule has 0 unspecified atom stereocenters. The highest BCUT2D eigenvalue weighted by atomic mass is 19.4. The molecule has 1 nitrogen and oxygen atoms in total. The van der Waals surface area contributed by atoms with Gasteiger partial charge in [0.2, 0.25) is 0 Å². The van der Waals surface area contributed by atoms with E-state index in [2.05, 4.69) is 0 Å². The Bertz CT molecular complexity index is 244. The molecule has 1 fully saturated rings. The van der Waals surface area contributed by atoms with E-state index in [0.717, 1.165) is 12.8 Å². The zero-order chi connectivity index (χ0) is 13.4. The number of halogens is 3. The minimum atomic E-state index is -4.13. The van der Waals surface area contributed by atoms with E-state index in [4.69, 9.17) is 0 Å². The Labute approximate surface area is 102 Å². The van der Waals surface area contributed by atoms with Crippen molar-refractivity contribution in [2.45, 2.75) is 71.8 Å². The summed E-state index contributed by atoms with van der Waals surface area (Å²) in [5.41, 5.74) is 0. The number of hydrogen-bond acceptors (Lipinski definition) is 1. The Hall–Kier alpha value is -0.250. The molecule has 0 bridgehead atoms. The molecule has 0 radical (unpaired) electrons. The molecule has 0 aromatic heterocycles. The van der Waals surface area contributed by atoms with E-state index >= 15 is 0 Å². The van der Waals surface area contributed by atoms with E-state index in [1.165, 1.54) is 0 Å². The summed E-state index contributed by atoms with van der Waals surface area (Å²) in [4.78, 5) is 1.72.